The van der Waals surface area contributed by atoms with Gasteiger partial charge in [0.05, 0.1) is 24.9 Å². The molecule has 1 aliphatic rings. The molecule has 1 saturated heterocycles. The van der Waals surface area contributed by atoms with Crippen molar-refractivity contribution in [1.82, 2.24) is 0 Å². The van der Waals surface area contributed by atoms with E-state index in [1.807, 2.05) is 0 Å². The van der Waals surface area contributed by atoms with Gasteiger partial charge in [0.25, 0.3) is 0 Å². The van der Waals surface area contributed by atoms with Crippen LogP contribution in [0.1, 0.15) is 10.4 Å². The van der Waals surface area contributed by atoms with E-state index < -0.39 is 12.1 Å². The molecule has 1 heterocycles. The molecule has 1 amide bonds. The van der Waals surface area contributed by atoms with Crippen molar-refractivity contribution in [3.8, 4) is 5.75 Å². The van der Waals surface area contributed by atoms with Gasteiger partial charge in [-0.05, 0) is 12.1 Å². The first-order chi connectivity index (χ1) is 8.13. The van der Waals surface area contributed by atoms with Crippen molar-refractivity contribution >= 4 is 17.7 Å². The van der Waals surface area contributed by atoms with Crippen LogP contribution in [0.5, 0.6) is 5.75 Å². The predicted octanol–water partition coefficient (Wildman–Crippen LogP) is 1.35. The number of rotatable bonds is 3. The molecule has 6 nitrogen and oxygen atoms in total. The molecule has 0 aromatic heterocycles. The van der Waals surface area contributed by atoms with Crippen LogP contribution in [-0.2, 0) is 4.74 Å². The summed E-state index contributed by atoms with van der Waals surface area (Å²) in [6, 6.07) is 4.45. The number of anilines is 1. The highest BCUT2D eigenvalue weighted by Crippen LogP contribution is 2.28. The van der Waals surface area contributed by atoms with Gasteiger partial charge in [-0.3, -0.25) is 4.90 Å². The summed E-state index contributed by atoms with van der Waals surface area (Å²) in [6.45, 7) is 0.599. The minimum absolute atomic E-state index is 0.0460. The van der Waals surface area contributed by atoms with Gasteiger partial charge in [0.1, 0.15) is 12.4 Å². The second-order valence-electron chi connectivity index (χ2n) is 3.45. The van der Waals surface area contributed by atoms with E-state index in [2.05, 4.69) is 0 Å². The van der Waals surface area contributed by atoms with Crippen LogP contribution in [0.4, 0.5) is 10.5 Å². The molecule has 0 spiro atoms. The van der Waals surface area contributed by atoms with Gasteiger partial charge in [-0.25, -0.2) is 9.59 Å². The number of methoxy groups -OCH3 is 1. The molecular formula is C11H11NO5. The third kappa shape index (κ3) is 2.01. The highest BCUT2D eigenvalue weighted by Gasteiger charge is 2.27. The van der Waals surface area contributed by atoms with E-state index in [0.29, 0.717) is 18.0 Å². The normalized spacial score (nSPS) is 14.6. The lowest BCUT2D eigenvalue weighted by Gasteiger charge is -2.16. The van der Waals surface area contributed by atoms with Crippen LogP contribution in [0.25, 0.3) is 0 Å². The number of amides is 1. The summed E-state index contributed by atoms with van der Waals surface area (Å²) in [6.07, 6.45) is -0.541. The zero-order valence-corrected chi connectivity index (χ0v) is 9.17. The largest absolute Gasteiger partial charge is 0.497 e. The number of cyclic esters (lactones) is 1. The summed E-state index contributed by atoms with van der Waals surface area (Å²) in [5, 5.41) is 9.06. The van der Waals surface area contributed by atoms with Gasteiger partial charge >= 0.3 is 12.1 Å². The minimum Gasteiger partial charge on any atom is -0.497 e. The van der Waals surface area contributed by atoms with Gasteiger partial charge in [-0.2, -0.15) is 0 Å². The van der Waals surface area contributed by atoms with Gasteiger partial charge in [0.2, 0.25) is 0 Å². The molecule has 1 aromatic carbocycles. The summed E-state index contributed by atoms with van der Waals surface area (Å²) in [5.41, 5.74) is 0.337. The molecule has 0 radical (unpaired) electrons. The highest BCUT2D eigenvalue weighted by molar-refractivity contribution is 6.00. The third-order valence-electron chi connectivity index (χ3n) is 2.49. The summed E-state index contributed by atoms with van der Waals surface area (Å²) in [5.74, 6) is -0.605. The fraction of sp³-hybridized carbons (Fsp3) is 0.273. The van der Waals surface area contributed by atoms with Gasteiger partial charge in [0, 0.05) is 6.07 Å². The molecule has 1 N–H and O–H groups in total. The molecule has 2 rings (SSSR count). The van der Waals surface area contributed by atoms with E-state index in [1.165, 1.54) is 30.2 Å². The van der Waals surface area contributed by atoms with Gasteiger partial charge in [0.15, 0.2) is 0 Å². The van der Waals surface area contributed by atoms with E-state index in [4.69, 9.17) is 14.6 Å². The van der Waals surface area contributed by atoms with Crippen LogP contribution in [0.3, 0.4) is 0 Å². The molecule has 0 aliphatic carbocycles. The second-order valence-corrected chi connectivity index (χ2v) is 3.45. The molecule has 6 heteroatoms. The van der Waals surface area contributed by atoms with E-state index in [0.717, 1.165) is 0 Å². The van der Waals surface area contributed by atoms with Crippen molar-refractivity contribution in [2.24, 2.45) is 0 Å². The quantitative estimate of drug-likeness (QED) is 0.858. The van der Waals surface area contributed by atoms with E-state index in [1.54, 1.807) is 0 Å². The van der Waals surface area contributed by atoms with Crippen LogP contribution in [0.2, 0.25) is 0 Å². The van der Waals surface area contributed by atoms with Gasteiger partial charge in [-0.15, -0.1) is 0 Å². The maximum atomic E-state index is 11.4. The fourth-order valence-corrected chi connectivity index (χ4v) is 1.65. The van der Waals surface area contributed by atoms with E-state index in [-0.39, 0.29) is 12.2 Å². The van der Waals surface area contributed by atoms with Gasteiger partial charge < -0.3 is 14.6 Å². The Morgan fingerprint density at radius 2 is 2.29 bits per heavy atom. The van der Waals surface area contributed by atoms with Crippen molar-refractivity contribution in [3.05, 3.63) is 23.8 Å². The average Bonchev–Trinajstić information content (AvgIpc) is 2.74. The van der Waals surface area contributed by atoms with Crippen LogP contribution in [0.15, 0.2) is 18.2 Å². The average molecular weight is 237 g/mol. The maximum absolute atomic E-state index is 11.4. The van der Waals surface area contributed by atoms with Crippen LogP contribution < -0.4 is 9.64 Å². The Kier molecular flexibility index (Phi) is 2.86. The number of carbonyl (C=O) groups is 2. The van der Waals surface area contributed by atoms with Crippen LogP contribution in [0, 0.1) is 0 Å². The lowest BCUT2D eigenvalue weighted by molar-refractivity contribution is 0.0697. The first-order valence-electron chi connectivity index (χ1n) is 4.99. The number of aromatic carboxylic acids is 1. The Morgan fingerprint density at radius 3 is 2.82 bits per heavy atom. The zero-order chi connectivity index (χ0) is 12.4. The maximum Gasteiger partial charge on any atom is 0.414 e. The molecule has 0 saturated carbocycles. The second kappa shape index (κ2) is 4.32. The number of carboxylic acid groups (broad SMARTS) is 1. The molecule has 1 fully saturated rings. The fourth-order valence-electron chi connectivity index (χ4n) is 1.65. The number of carboxylic acids is 1. The first kappa shape index (κ1) is 11.3. The Balaban J connectivity index is 2.48. The summed E-state index contributed by atoms with van der Waals surface area (Å²) >= 11 is 0. The van der Waals surface area contributed by atoms with E-state index in [9.17, 15) is 9.59 Å². The van der Waals surface area contributed by atoms with Crippen LogP contribution in [-0.4, -0.2) is 37.4 Å². The minimum atomic E-state index is -1.10. The highest BCUT2D eigenvalue weighted by atomic mass is 16.6. The molecule has 1 aliphatic heterocycles. The Bertz CT molecular complexity index is 471. The lowest BCUT2D eigenvalue weighted by Crippen LogP contribution is -2.25. The van der Waals surface area contributed by atoms with E-state index >= 15 is 0 Å². The third-order valence-corrected chi connectivity index (χ3v) is 2.49. The number of nitrogens with zero attached hydrogens (tertiary/aromatic N) is 1. The number of carbonyl (C=O) groups excluding carboxylic acids is 1. The molecule has 1 aromatic rings. The molecule has 90 valence electrons. The van der Waals surface area contributed by atoms with Crippen molar-refractivity contribution in [1.29, 1.82) is 0 Å². The molecule has 0 unspecified atom stereocenters. The first-order valence-corrected chi connectivity index (χ1v) is 4.99. The Labute approximate surface area is 97.4 Å². The van der Waals surface area contributed by atoms with Crippen LogP contribution >= 0.6 is 0 Å². The monoisotopic (exact) mass is 237 g/mol. The summed E-state index contributed by atoms with van der Waals surface area (Å²) in [7, 11) is 1.47. The molecule has 0 bridgehead atoms. The molecule has 0 atom stereocenters. The Hall–Kier alpha value is -2.24. The lowest BCUT2D eigenvalue weighted by atomic mass is 10.1. The topological polar surface area (TPSA) is 76.1 Å². The SMILES string of the molecule is COc1ccc(C(=O)O)c(N2CCOC2=O)c1. The number of benzene rings is 1. The summed E-state index contributed by atoms with van der Waals surface area (Å²) < 4.78 is 9.79. The zero-order valence-electron chi connectivity index (χ0n) is 9.17. The molecular weight excluding hydrogens is 226 g/mol. The van der Waals surface area contributed by atoms with Gasteiger partial charge in [-0.1, -0.05) is 0 Å². The van der Waals surface area contributed by atoms with Crippen molar-refractivity contribution < 1.29 is 24.2 Å². The standard InChI is InChI=1S/C11H11NO5/c1-16-7-2-3-8(10(13)14)9(6-7)12-4-5-17-11(12)15/h2-3,6H,4-5H2,1H3,(H,13,14). The van der Waals surface area contributed by atoms with Crippen molar-refractivity contribution in [3.63, 3.8) is 0 Å². The molecule has 17 heavy (non-hydrogen) atoms. The number of hydrogen-bond acceptors (Lipinski definition) is 4. The number of hydrogen-bond donors (Lipinski definition) is 1. The smallest absolute Gasteiger partial charge is 0.414 e. The summed E-state index contributed by atoms with van der Waals surface area (Å²) in [4.78, 5) is 23.8. The predicted molar refractivity (Wildman–Crippen MR) is 58.6 cm³/mol. The number of ether oxygens (including phenoxy) is 2. The van der Waals surface area contributed by atoms with Crippen molar-refractivity contribution in [2.75, 3.05) is 25.2 Å². The van der Waals surface area contributed by atoms with Crippen molar-refractivity contribution in [2.45, 2.75) is 0 Å². The Morgan fingerprint density at radius 1 is 1.53 bits per heavy atom.